The van der Waals surface area contributed by atoms with E-state index < -0.39 is 0 Å². The summed E-state index contributed by atoms with van der Waals surface area (Å²) in [5.41, 5.74) is 1.92. The molecule has 0 atom stereocenters. The van der Waals surface area contributed by atoms with Crippen molar-refractivity contribution in [1.29, 1.82) is 0 Å². The Morgan fingerprint density at radius 3 is 2.48 bits per heavy atom. The van der Waals surface area contributed by atoms with E-state index in [1.54, 1.807) is 18.2 Å². The van der Waals surface area contributed by atoms with Crippen LogP contribution in [-0.4, -0.2) is 62.5 Å². The molecule has 0 unspecified atom stereocenters. The van der Waals surface area contributed by atoms with Crippen LogP contribution in [0.4, 0.5) is 0 Å². The number of halogens is 2. The standard InChI is InChI=1S/C21H22Cl2N6OS/c22-16-6-7-17(18(23)12-16)20-25-26-21(29(20)24)31-14-19(30)28-10-8-27(9-11-28)13-15-4-2-1-3-5-15/h1-7,12H,8-11,13-14,24H2. The van der Waals surface area contributed by atoms with E-state index in [0.29, 0.717) is 39.7 Å². The number of thioether (sulfide) groups is 1. The van der Waals surface area contributed by atoms with Gasteiger partial charge in [-0.2, -0.15) is 0 Å². The minimum absolute atomic E-state index is 0.0680. The minimum atomic E-state index is 0.0680. The number of aromatic nitrogens is 3. The fourth-order valence-corrected chi connectivity index (χ4v) is 4.70. The molecule has 2 heterocycles. The van der Waals surface area contributed by atoms with Crippen molar-refractivity contribution < 1.29 is 4.79 Å². The number of nitrogens with zero attached hydrogens (tertiary/aromatic N) is 5. The molecular weight excluding hydrogens is 455 g/mol. The summed E-state index contributed by atoms with van der Waals surface area (Å²) in [6.45, 7) is 4.06. The molecule has 0 saturated carbocycles. The lowest BCUT2D eigenvalue weighted by Crippen LogP contribution is -2.48. The lowest BCUT2D eigenvalue weighted by molar-refractivity contribution is -0.130. The third-order valence-corrected chi connectivity index (χ3v) is 6.61. The summed E-state index contributed by atoms with van der Waals surface area (Å²) >= 11 is 13.5. The van der Waals surface area contributed by atoms with E-state index in [0.717, 1.165) is 19.6 Å². The van der Waals surface area contributed by atoms with Crippen LogP contribution in [0.5, 0.6) is 0 Å². The van der Waals surface area contributed by atoms with Crippen molar-refractivity contribution in [2.45, 2.75) is 11.7 Å². The van der Waals surface area contributed by atoms with Crippen molar-refractivity contribution in [3.8, 4) is 11.4 Å². The molecule has 0 aliphatic carbocycles. The van der Waals surface area contributed by atoms with Crippen molar-refractivity contribution in [3.63, 3.8) is 0 Å². The fraction of sp³-hybridized carbons (Fsp3) is 0.286. The Bertz CT molecular complexity index is 1050. The summed E-state index contributed by atoms with van der Waals surface area (Å²) in [7, 11) is 0. The topological polar surface area (TPSA) is 80.3 Å². The Kier molecular flexibility index (Phi) is 7.02. The van der Waals surface area contributed by atoms with Crippen LogP contribution in [0.25, 0.3) is 11.4 Å². The van der Waals surface area contributed by atoms with E-state index in [4.69, 9.17) is 29.0 Å². The minimum Gasteiger partial charge on any atom is -0.339 e. The highest BCUT2D eigenvalue weighted by Crippen LogP contribution is 2.30. The SMILES string of the molecule is Nn1c(SCC(=O)N2CCN(Cc3ccccc3)CC2)nnc1-c1ccc(Cl)cc1Cl. The van der Waals surface area contributed by atoms with E-state index in [2.05, 4.69) is 39.4 Å². The molecule has 1 amide bonds. The van der Waals surface area contributed by atoms with Crippen LogP contribution in [0.1, 0.15) is 5.56 Å². The summed E-state index contributed by atoms with van der Waals surface area (Å²) < 4.78 is 1.35. The first kappa shape index (κ1) is 22.0. The van der Waals surface area contributed by atoms with Gasteiger partial charge in [0.2, 0.25) is 11.1 Å². The van der Waals surface area contributed by atoms with E-state index in [1.807, 2.05) is 11.0 Å². The van der Waals surface area contributed by atoms with Crippen LogP contribution in [-0.2, 0) is 11.3 Å². The second-order valence-corrected chi connectivity index (χ2v) is 9.02. The molecule has 4 rings (SSSR count). The maximum absolute atomic E-state index is 12.7. The van der Waals surface area contributed by atoms with Gasteiger partial charge in [0, 0.05) is 43.3 Å². The summed E-state index contributed by atoms with van der Waals surface area (Å²) in [5.74, 6) is 6.89. The van der Waals surface area contributed by atoms with Gasteiger partial charge in [0.05, 0.1) is 10.8 Å². The monoisotopic (exact) mass is 476 g/mol. The van der Waals surface area contributed by atoms with Crippen LogP contribution in [0, 0.1) is 0 Å². The molecule has 1 aliphatic rings. The zero-order valence-electron chi connectivity index (χ0n) is 16.7. The van der Waals surface area contributed by atoms with E-state index in [9.17, 15) is 4.79 Å². The van der Waals surface area contributed by atoms with Crippen LogP contribution in [0.2, 0.25) is 10.0 Å². The third-order valence-electron chi connectivity index (χ3n) is 5.14. The molecule has 1 saturated heterocycles. The molecule has 2 aromatic carbocycles. The van der Waals surface area contributed by atoms with Gasteiger partial charge in [-0.05, 0) is 23.8 Å². The normalized spacial score (nSPS) is 14.7. The first-order chi connectivity index (χ1) is 15.0. The number of benzene rings is 2. The van der Waals surface area contributed by atoms with Gasteiger partial charge in [0.15, 0.2) is 5.82 Å². The Morgan fingerprint density at radius 1 is 1.03 bits per heavy atom. The van der Waals surface area contributed by atoms with Crippen molar-refractivity contribution in [2.75, 3.05) is 37.8 Å². The number of hydrogen-bond donors (Lipinski definition) is 1. The molecule has 7 nitrogen and oxygen atoms in total. The highest BCUT2D eigenvalue weighted by Gasteiger charge is 2.22. The van der Waals surface area contributed by atoms with Gasteiger partial charge < -0.3 is 10.7 Å². The highest BCUT2D eigenvalue weighted by atomic mass is 35.5. The van der Waals surface area contributed by atoms with E-state index in [1.165, 1.54) is 22.0 Å². The fourth-order valence-electron chi connectivity index (χ4n) is 3.44. The lowest BCUT2D eigenvalue weighted by atomic mass is 10.2. The van der Waals surface area contributed by atoms with Crippen LogP contribution in [0.15, 0.2) is 53.7 Å². The van der Waals surface area contributed by atoms with Gasteiger partial charge >= 0.3 is 0 Å². The molecule has 0 radical (unpaired) electrons. The zero-order valence-corrected chi connectivity index (χ0v) is 19.1. The number of amides is 1. The molecule has 1 fully saturated rings. The van der Waals surface area contributed by atoms with Gasteiger partial charge in [-0.25, -0.2) is 4.68 Å². The maximum atomic E-state index is 12.7. The predicted molar refractivity (Wildman–Crippen MR) is 125 cm³/mol. The second-order valence-electron chi connectivity index (χ2n) is 7.23. The molecule has 2 N–H and O–H groups in total. The Morgan fingerprint density at radius 2 is 1.77 bits per heavy atom. The Hall–Kier alpha value is -2.26. The molecule has 0 spiro atoms. The molecule has 3 aromatic rings. The zero-order chi connectivity index (χ0) is 21.8. The number of carbonyl (C=O) groups excluding carboxylic acids is 1. The summed E-state index contributed by atoms with van der Waals surface area (Å²) in [5, 5.41) is 9.66. The van der Waals surface area contributed by atoms with Gasteiger partial charge in [-0.1, -0.05) is 65.3 Å². The van der Waals surface area contributed by atoms with Crippen molar-refractivity contribution >= 4 is 40.9 Å². The van der Waals surface area contributed by atoms with Gasteiger partial charge in [-0.15, -0.1) is 10.2 Å². The summed E-state index contributed by atoms with van der Waals surface area (Å²) in [6, 6.07) is 15.5. The first-order valence-corrected chi connectivity index (χ1v) is 11.6. The molecule has 1 aliphatic heterocycles. The van der Waals surface area contributed by atoms with Crippen LogP contribution < -0.4 is 5.84 Å². The summed E-state index contributed by atoms with van der Waals surface area (Å²) in [6.07, 6.45) is 0. The first-order valence-electron chi connectivity index (χ1n) is 9.84. The largest absolute Gasteiger partial charge is 0.339 e. The molecule has 0 bridgehead atoms. The summed E-state index contributed by atoms with van der Waals surface area (Å²) in [4.78, 5) is 16.9. The number of rotatable bonds is 6. The number of hydrogen-bond acceptors (Lipinski definition) is 6. The average molecular weight is 477 g/mol. The Labute approximate surface area is 195 Å². The quantitative estimate of drug-likeness (QED) is 0.433. The lowest BCUT2D eigenvalue weighted by Gasteiger charge is -2.34. The van der Waals surface area contributed by atoms with Gasteiger partial charge in [-0.3, -0.25) is 9.69 Å². The molecular formula is C21H22Cl2N6OS. The average Bonchev–Trinajstić information content (AvgIpc) is 3.13. The van der Waals surface area contributed by atoms with Crippen molar-refractivity contribution in [3.05, 3.63) is 64.1 Å². The molecule has 10 heteroatoms. The third kappa shape index (κ3) is 5.33. The van der Waals surface area contributed by atoms with Crippen LogP contribution >= 0.6 is 35.0 Å². The molecule has 162 valence electrons. The number of carbonyl (C=O) groups is 1. The second kappa shape index (κ2) is 9.91. The smallest absolute Gasteiger partial charge is 0.233 e. The molecule has 31 heavy (non-hydrogen) atoms. The van der Waals surface area contributed by atoms with Gasteiger partial charge in [0.1, 0.15) is 0 Å². The highest BCUT2D eigenvalue weighted by molar-refractivity contribution is 7.99. The van der Waals surface area contributed by atoms with Crippen LogP contribution in [0.3, 0.4) is 0 Å². The predicted octanol–water partition coefficient (Wildman–Crippen LogP) is 3.40. The number of nitrogens with two attached hydrogens (primary N) is 1. The number of piperazine rings is 1. The van der Waals surface area contributed by atoms with E-state index in [-0.39, 0.29) is 11.7 Å². The number of nitrogen functional groups attached to an aromatic ring is 1. The van der Waals surface area contributed by atoms with Crippen molar-refractivity contribution in [2.24, 2.45) is 0 Å². The molecule has 1 aromatic heterocycles. The van der Waals surface area contributed by atoms with Gasteiger partial charge in [0.25, 0.3) is 0 Å². The van der Waals surface area contributed by atoms with E-state index >= 15 is 0 Å². The maximum Gasteiger partial charge on any atom is 0.233 e. The Balaban J connectivity index is 1.30. The van der Waals surface area contributed by atoms with Crippen molar-refractivity contribution in [1.82, 2.24) is 24.7 Å².